The van der Waals surface area contributed by atoms with Crippen LogP contribution in [0.25, 0.3) is 0 Å². The summed E-state index contributed by atoms with van der Waals surface area (Å²) in [5, 5.41) is 0. The predicted molar refractivity (Wildman–Crippen MR) is 70.4 cm³/mol. The molecular formula is C15H26O. The van der Waals surface area contributed by atoms with E-state index >= 15 is 0 Å². The quantitative estimate of drug-likeness (QED) is 0.287. The monoisotopic (exact) mass is 222 g/mol. The molecule has 0 radical (unpaired) electrons. The Morgan fingerprint density at radius 2 is 1.75 bits per heavy atom. The minimum absolute atomic E-state index is 1.17. The number of hydrogen-bond acceptors (Lipinski definition) is 1. The first-order valence-electron chi connectivity index (χ1n) is 6.74. The summed E-state index contributed by atoms with van der Waals surface area (Å²) in [4.78, 5) is 0. The summed E-state index contributed by atoms with van der Waals surface area (Å²) < 4.78 is 5.40. The van der Waals surface area contributed by atoms with E-state index in [4.69, 9.17) is 4.74 Å². The molecule has 0 heterocycles. The second kappa shape index (κ2) is 8.43. The Kier molecular flexibility index (Phi) is 7.03. The van der Waals surface area contributed by atoms with Gasteiger partial charge >= 0.3 is 0 Å². The van der Waals surface area contributed by atoms with Gasteiger partial charge in [-0.15, -0.1) is 6.58 Å². The fraction of sp³-hybridized carbons (Fsp3) is 0.733. The molecule has 0 spiro atoms. The molecule has 1 rings (SSSR count). The average Bonchev–Trinajstić information content (AvgIpc) is 3.11. The molecule has 92 valence electrons. The van der Waals surface area contributed by atoms with E-state index in [1.165, 1.54) is 70.0 Å². The van der Waals surface area contributed by atoms with Crippen LogP contribution in [0.1, 0.15) is 64.2 Å². The Morgan fingerprint density at radius 1 is 1.12 bits per heavy atom. The molecule has 1 fully saturated rings. The van der Waals surface area contributed by atoms with E-state index in [9.17, 15) is 0 Å². The summed E-state index contributed by atoms with van der Waals surface area (Å²) in [5.41, 5.74) is 1.56. The van der Waals surface area contributed by atoms with Crippen LogP contribution in [0.3, 0.4) is 0 Å². The minimum Gasteiger partial charge on any atom is -0.501 e. The van der Waals surface area contributed by atoms with Crippen LogP contribution >= 0.6 is 0 Å². The normalized spacial score (nSPS) is 13.7. The fourth-order valence-corrected chi connectivity index (χ4v) is 2.05. The molecule has 1 nitrogen and oxygen atoms in total. The highest BCUT2D eigenvalue weighted by Gasteiger charge is 2.17. The van der Waals surface area contributed by atoms with Crippen molar-refractivity contribution in [1.29, 1.82) is 0 Å². The van der Waals surface area contributed by atoms with Crippen molar-refractivity contribution in [2.24, 2.45) is 0 Å². The Hall–Kier alpha value is -0.720. The Morgan fingerprint density at radius 3 is 2.31 bits per heavy atom. The molecule has 0 aromatic rings. The highest BCUT2D eigenvalue weighted by Crippen LogP contribution is 2.33. The van der Waals surface area contributed by atoms with E-state index in [0.29, 0.717) is 0 Å². The number of rotatable bonds is 10. The first-order valence-corrected chi connectivity index (χ1v) is 6.74. The highest BCUT2D eigenvalue weighted by molar-refractivity contribution is 5.20. The molecular weight excluding hydrogens is 196 g/mol. The molecule has 1 saturated carbocycles. The average molecular weight is 222 g/mol. The van der Waals surface area contributed by atoms with E-state index < -0.39 is 0 Å². The van der Waals surface area contributed by atoms with Gasteiger partial charge in [-0.1, -0.05) is 31.8 Å². The molecule has 1 aliphatic rings. The van der Waals surface area contributed by atoms with Crippen molar-refractivity contribution in [2.45, 2.75) is 64.2 Å². The zero-order chi connectivity index (χ0) is 11.6. The van der Waals surface area contributed by atoms with Crippen LogP contribution in [0.4, 0.5) is 0 Å². The van der Waals surface area contributed by atoms with Crippen molar-refractivity contribution >= 4 is 0 Å². The lowest BCUT2D eigenvalue weighted by Gasteiger charge is -2.05. The SMILES string of the molecule is C=CCCCCCCCCC(OC)=C1CC1. The van der Waals surface area contributed by atoms with Crippen LogP contribution in [-0.2, 0) is 4.74 Å². The standard InChI is InChI=1S/C15H26O/c1-3-4-5-6-7-8-9-10-11-15(16-2)14-12-13-14/h3H,1,4-13H2,2H3. The largest absolute Gasteiger partial charge is 0.501 e. The van der Waals surface area contributed by atoms with Gasteiger partial charge in [-0.3, -0.25) is 0 Å². The van der Waals surface area contributed by atoms with E-state index in [0.717, 1.165) is 0 Å². The molecule has 0 saturated heterocycles. The summed E-state index contributed by atoms with van der Waals surface area (Å²) in [6.45, 7) is 3.74. The maximum Gasteiger partial charge on any atom is 0.0947 e. The van der Waals surface area contributed by atoms with Crippen molar-refractivity contribution in [3.05, 3.63) is 24.0 Å². The molecule has 0 bridgehead atoms. The van der Waals surface area contributed by atoms with Crippen molar-refractivity contribution in [3.63, 3.8) is 0 Å². The van der Waals surface area contributed by atoms with Gasteiger partial charge in [0.1, 0.15) is 0 Å². The summed E-state index contributed by atoms with van der Waals surface area (Å²) in [7, 11) is 1.82. The van der Waals surface area contributed by atoms with Crippen LogP contribution in [0, 0.1) is 0 Å². The van der Waals surface area contributed by atoms with Crippen molar-refractivity contribution in [2.75, 3.05) is 7.11 Å². The van der Waals surface area contributed by atoms with E-state index in [1.54, 1.807) is 5.57 Å². The van der Waals surface area contributed by atoms with Crippen LogP contribution < -0.4 is 0 Å². The van der Waals surface area contributed by atoms with Gasteiger partial charge in [0.2, 0.25) is 0 Å². The van der Waals surface area contributed by atoms with E-state index in [-0.39, 0.29) is 0 Å². The zero-order valence-corrected chi connectivity index (χ0v) is 10.8. The van der Waals surface area contributed by atoms with E-state index in [1.807, 2.05) is 13.2 Å². The van der Waals surface area contributed by atoms with Crippen LogP contribution in [0.5, 0.6) is 0 Å². The molecule has 1 heteroatoms. The first-order chi connectivity index (χ1) is 7.88. The second-order valence-electron chi connectivity index (χ2n) is 4.68. The van der Waals surface area contributed by atoms with Gasteiger partial charge in [0.25, 0.3) is 0 Å². The molecule has 0 aliphatic heterocycles. The van der Waals surface area contributed by atoms with Gasteiger partial charge in [0.05, 0.1) is 12.9 Å². The zero-order valence-electron chi connectivity index (χ0n) is 10.8. The van der Waals surface area contributed by atoms with Gasteiger partial charge in [-0.25, -0.2) is 0 Å². The number of unbranched alkanes of at least 4 members (excludes halogenated alkanes) is 6. The third-order valence-corrected chi connectivity index (χ3v) is 3.20. The molecule has 0 unspecified atom stereocenters. The Labute approximate surface area is 101 Å². The molecule has 0 aromatic heterocycles. The number of hydrogen-bond donors (Lipinski definition) is 0. The molecule has 0 atom stereocenters. The summed E-state index contributed by atoms with van der Waals surface area (Å²) in [5.74, 6) is 1.28. The summed E-state index contributed by atoms with van der Waals surface area (Å²) in [6, 6.07) is 0. The van der Waals surface area contributed by atoms with Gasteiger partial charge in [-0.05, 0) is 37.7 Å². The van der Waals surface area contributed by atoms with Crippen LogP contribution in [-0.4, -0.2) is 7.11 Å². The van der Waals surface area contributed by atoms with Gasteiger partial charge in [-0.2, -0.15) is 0 Å². The van der Waals surface area contributed by atoms with Crippen molar-refractivity contribution in [1.82, 2.24) is 0 Å². The molecule has 1 aliphatic carbocycles. The third-order valence-electron chi connectivity index (χ3n) is 3.20. The van der Waals surface area contributed by atoms with Crippen LogP contribution in [0.2, 0.25) is 0 Å². The maximum atomic E-state index is 5.40. The van der Waals surface area contributed by atoms with E-state index in [2.05, 4.69) is 6.58 Å². The predicted octanol–water partition coefficient (Wildman–Crippen LogP) is 4.99. The maximum absolute atomic E-state index is 5.40. The smallest absolute Gasteiger partial charge is 0.0947 e. The number of allylic oxidation sites excluding steroid dienone is 3. The summed E-state index contributed by atoms with van der Waals surface area (Å²) in [6.07, 6.45) is 15.0. The minimum atomic E-state index is 1.17. The topological polar surface area (TPSA) is 9.23 Å². The number of methoxy groups -OCH3 is 1. The lowest BCUT2D eigenvalue weighted by atomic mass is 10.1. The fourth-order valence-electron chi connectivity index (χ4n) is 2.05. The van der Waals surface area contributed by atoms with Crippen molar-refractivity contribution in [3.8, 4) is 0 Å². The lowest BCUT2D eigenvalue weighted by Crippen LogP contribution is -1.88. The number of ether oxygens (including phenoxy) is 1. The Bertz CT molecular complexity index is 222. The Balaban J connectivity index is 1.88. The third kappa shape index (κ3) is 5.99. The molecule has 16 heavy (non-hydrogen) atoms. The van der Waals surface area contributed by atoms with Gasteiger partial charge in [0, 0.05) is 6.42 Å². The lowest BCUT2D eigenvalue weighted by molar-refractivity contribution is 0.271. The van der Waals surface area contributed by atoms with Crippen molar-refractivity contribution < 1.29 is 4.74 Å². The van der Waals surface area contributed by atoms with Gasteiger partial charge in [0.15, 0.2) is 0 Å². The highest BCUT2D eigenvalue weighted by atomic mass is 16.5. The molecule has 0 amide bonds. The first kappa shape index (κ1) is 13.3. The summed E-state index contributed by atoms with van der Waals surface area (Å²) >= 11 is 0. The van der Waals surface area contributed by atoms with Gasteiger partial charge < -0.3 is 4.74 Å². The second-order valence-corrected chi connectivity index (χ2v) is 4.68. The molecule has 0 aromatic carbocycles. The van der Waals surface area contributed by atoms with Crippen LogP contribution in [0.15, 0.2) is 24.0 Å². The molecule has 0 N–H and O–H groups in total.